The van der Waals surface area contributed by atoms with Gasteiger partial charge in [-0.1, -0.05) is 18.2 Å². The van der Waals surface area contributed by atoms with E-state index in [0.717, 1.165) is 4.31 Å². The topological polar surface area (TPSA) is 140 Å². The number of nitrogens with zero attached hydrogens (tertiary/aromatic N) is 3. The minimum absolute atomic E-state index is 0.0370. The third-order valence-corrected chi connectivity index (χ3v) is 6.55. The van der Waals surface area contributed by atoms with Crippen molar-refractivity contribution in [3.63, 3.8) is 0 Å². The van der Waals surface area contributed by atoms with Crippen LogP contribution in [0.1, 0.15) is 5.56 Å². The molecule has 1 N–H and O–H groups in total. The lowest BCUT2D eigenvalue weighted by atomic mass is 10.2. The lowest BCUT2D eigenvalue weighted by molar-refractivity contribution is -0.384. The zero-order valence-electron chi connectivity index (χ0n) is 17.5. The summed E-state index contributed by atoms with van der Waals surface area (Å²) in [5.74, 6) is 0.439. The standard InChI is InChI=1S/C22H18N4O7S/c27-22(24-23-13-16-6-11-20-21(12-16)33-15-32-20)14-25(17-7-9-18(10-8-17)26(28)29)34(30,31)19-4-2-1-3-5-19/h1-13H,14-15H2,(H,24,27)/b23-13-. The molecule has 3 aromatic carbocycles. The van der Waals surface area contributed by atoms with Crippen LogP contribution in [-0.2, 0) is 14.8 Å². The summed E-state index contributed by atoms with van der Waals surface area (Å²) in [5, 5.41) is 14.8. The van der Waals surface area contributed by atoms with Gasteiger partial charge in [0.25, 0.3) is 21.6 Å². The molecule has 0 atom stereocenters. The first-order valence-electron chi connectivity index (χ1n) is 9.88. The molecule has 1 aliphatic heterocycles. The van der Waals surface area contributed by atoms with Crippen LogP contribution >= 0.6 is 0 Å². The van der Waals surface area contributed by atoms with Crippen LogP contribution in [0.3, 0.4) is 0 Å². The van der Waals surface area contributed by atoms with E-state index < -0.39 is 27.4 Å². The van der Waals surface area contributed by atoms with Crippen molar-refractivity contribution >= 4 is 33.5 Å². The van der Waals surface area contributed by atoms with Gasteiger partial charge in [-0.25, -0.2) is 13.8 Å². The van der Waals surface area contributed by atoms with Crippen LogP contribution < -0.4 is 19.2 Å². The van der Waals surface area contributed by atoms with E-state index in [2.05, 4.69) is 10.5 Å². The third-order valence-electron chi connectivity index (χ3n) is 4.77. The highest BCUT2D eigenvalue weighted by Gasteiger charge is 2.27. The Balaban J connectivity index is 1.54. The van der Waals surface area contributed by atoms with Crippen molar-refractivity contribution in [1.82, 2.24) is 5.43 Å². The van der Waals surface area contributed by atoms with Crippen LogP contribution in [0, 0.1) is 10.1 Å². The molecule has 0 saturated carbocycles. The molecule has 0 aliphatic carbocycles. The zero-order valence-corrected chi connectivity index (χ0v) is 18.3. The number of nitrogens with one attached hydrogen (secondary N) is 1. The predicted molar refractivity (Wildman–Crippen MR) is 122 cm³/mol. The number of fused-ring (bicyclic) bond motifs is 1. The lowest BCUT2D eigenvalue weighted by Crippen LogP contribution is -2.39. The number of benzene rings is 3. The van der Waals surface area contributed by atoms with Crippen molar-refractivity contribution in [2.45, 2.75) is 4.90 Å². The highest BCUT2D eigenvalue weighted by molar-refractivity contribution is 7.92. The molecule has 0 unspecified atom stereocenters. The fourth-order valence-corrected chi connectivity index (χ4v) is 4.56. The summed E-state index contributed by atoms with van der Waals surface area (Å²) < 4.78 is 37.9. The summed E-state index contributed by atoms with van der Waals surface area (Å²) in [7, 11) is -4.15. The van der Waals surface area contributed by atoms with Gasteiger partial charge >= 0.3 is 0 Å². The Kier molecular flexibility index (Phi) is 6.41. The van der Waals surface area contributed by atoms with E-state index in [1.165, 1.54) is 42.6 Å². The van der Waals surface area contributed by atoms with E-state index in [1.807, 2.05) is 0 Å². The van der Waals surface area contributed by atoms with Gasteiger partial charge in [-0.2, -0.15) is 5.10 Å². The lowest BCUT2D eigenvalue weighted by Gasteiger charge is -2.23. The van der Waals surface area contributed by atoms with Gasteiger partial charge in [0.2, 0.25) is 6.79 Å². The van der Waals surface area contributed by atoms with Crippen LogP contribution in [0.2, 0.25) is 0 Å². The molecule has 1 amide bonds. The quantitative estimate of drug-likeness (QED) is 0.296. The molecule has 0 radical (unpaired) electrons. The number of amides is 1. The maximum absolute atomic E-state index is 13.2. The van der Waals surface area contributed by atoms with Crippen molar-refractivity contribution in [2.75, 3.05) is 17.6 Å². The smallest absolute Gasteiger partial charge is 0.269 e. The zero-order chi connectivity index (χ0) is 24.1. The average Bonchev–Trinajstić information content (AvgIpc) is 3.31. The Hall–Kier alpha value is -4.45. The summed E-state index contributed by atoms with van der Waals surface area (Å²) in [5.41, 5.74) is 2.81. The fraction of sp³-hybridized carbons (Fsp3) is 0.0909. The minimum atomic E-state index is -4.15. The van der Waals surface area contributed by atoms with Crippen molar-refractivity contribution in [3.8, 4) is 11.5 Å². The predicted octanol–water partition coefficient (Wildman–Crippen LogP) is 2.67. The Morgan fingerprint density at radius 1 is 1.06 bits per heavy atom. The largest absolute Gasteiger partial charge is 0.454 e. The number of nitro groups is 1. The maximum Gasteiger partial charge on any atom is 0.269 e. The summed E-state index contributed by atoms with van der Waals surface area (Å²) >= 11 is 0. The summed E-state index contributed by atoms with van der Waals surface area (Å²) in [4.78, 5) is 22.9. The second kappa shape index (κ2) is 9.58. The number of sulfonamides is 1. The van der Waals surface area contributed by atoms with E-state index in [1.54, 1.807) is 36.4 Å². The summed E-state index contributed by atoms with van der Waals surface area (Å²) in [6, 6.07) is 17.5. The first kappa shape index (κ1) is 22.7. The number of non-ortho nitro benzene ring substituents is 1. The van der Waals surface area contributed by atoms with Crippen molar-refractivity contribution in [1.29, 1.82) is 0 Å². The SMILES string of the molecule is O=C(CN(c1ccc([N+](=O)[O-])cc1)S(=O)(=O)c1ccccc1)N/N=C\c1ccc2c(c1)OCO2. The number of hydrazone groups is 1. The summed E-state index contributed by atoms with van der Waals surface area (Å²) in [6.07, 6.45) is 1.38. The van der Waals surface area contributed by atoms with Gasteiger partial charge in [-0.15, -0.1) is 0 Å². The van der Waals surface area contributed by atoms with E-state index in [0.29, 0.717) is 17.1 Å². The van der Waals surface area contributed by atoms with E-state index >= 15 is 0 Å². The Morgan fingerprint density at radius 2 is 1.76 bits per heavy atom. The van der Waals surface area contributed by atoms with Gasteiger partial charge in [-0.3, -0.25) is 19.2 Å². The van der Waals surface area contributed by atoms with Crippen LogP contribution in [0.25, 0.3) is 0 Å². The second-order valence-corrected chi connectivity index (χ2v) is 8.87. The average molecular weight is 482 g/mol. The number of anilines is 1. The third kappa shape index (κ3) is 4.96. The molecule has 11 nitrogen and oxygen atoms in total. The first-order valence-corrected chi connectivity index (χ1v) is 11.3. The molecule has 34 heavy (non-hydrogen) atoms. The van der Waals surface area contributed by atoms with E-state index in [9.17, 15) is 23.3 Å². The monoisotopic (exact) mass is 482 g/mol. The highest BCUT2D eigenvalue weighted by Crippen LogP contribution is 2.32. The van der Waals surface area contributed by atoms with Crippen LogP contribution in [0.4, 0.5) is 11.4 Å². The fourth-order valence-electron chi connectivity index (χ4n) is 3.11. The Labute approximate surface area is 194 Å². The number of carbonyl (C=O) groups excluding carboxylic acids is 1. The molecule has 0 bridgehead atoms. The molecule has 1 heterocycles. The first-order chi connectivity index (χ1) is 16.3. The van der Waals surface area contributed by atoms with E-state index in [4.69, 9.17) is 9.47 Å². The summed E-state index contributed by atoms with van der Waals surface area (Å²) in [6.45, 7) is -0.478. The van der Waals surface area contributed by atoms with Gasteiger partial charge < -0.3 is 9.47 Å². The van der Waals surface area contributed by atoms with Gasteiger partial charge in [0.1, 0.15) is 6.54 Å². The molecule has 4 rings (SSSR count). The molecule has 0 fully saturated rings. The van der Waals surface area contributed by atoms with E-state index in [-0.39, 0.29) is 23.1 Å². The number of carbonyl (C=O) groups is 1. The van der Waals surface area contributed by atoms with Gasteiger partial charge in [-0.05, 0) is 48.0 Å². The van der Waals surface area contributed by atoms with Gasteiger partial charge in [0, 0.05) is 12.1 Å². The van der Waals surface area contributed by atoms with Crippen molar-refractivity contribution in [2.24, 2.45) is 5.10 Å². The minimum Gasteiger partial charge on any atom is -0.454 e. The number of hydrogen-bond acceptors (Lipinski definition) is 8. The molecular weight excluding hydrogens is 464 g/mol. The maximum atomic E-state index is 13.2. The van der Waals surface area contributed by atoms with Gasteiger partial charge in [0.05, 0.1) is 21.7 Å². The Bertz CT molecular complexity index is 1340. The number of rotatable bonds is 8. The molecule has 12 heteroatoms. The van der Waals surface area contributed by atoms with Crippen LogP contribution in [-0.4, -0.2) is 38.8 Å². The molecule has 0 saturated heterocycles. The van der Waals surface area contributed by atoms with Crippen LogP contribution in [0.5, 0.6) is 11.5 Å². The van der Waals surface area contributed by atoms with Gasteiger partial charge in [0.15, 0.2) is 11.5 Å². The van der Waals surface area contributed by atoms with Crippen LogP contribution in [0.15, 0.2) is 82.8 Å². The second-order valence-electron chi connectivity index (χ2n) is 7.00. The molecule has 1 aliphatic rings. The molecule has 0 spiro atoms. The molecular formula is C22H18N4O7S. The number of ether oxygens (including phenoxy) is 2. The molecule has 0 aromatic heterocycles. The molecule has 3 aromatic rings. The Morgan fingerprint density at radius 3 is 2.47 bits per heavy atom. The molecule has 174 valence electrons. The number of nitro benzene ring substituents is 1. The normalized spacial score (nSPS) is 12.5. The van der Waals surface area contributed by atoms with Crippen molar-refractivity contribution < 1.29 is 27.6 Å². The number of hydrogen-bond donors (Lipinski definition) is 1. The highest BCUT2D eigenvalue weighted by atomic mass is 32.2. The van der Waals surface area contributed by atoms with Crippen molar-refractivity contribution in [3.05, 3.63) is 88.5 Å².